The summed E-state index contributed by atoms with van der Waals surface area (Å²) in [6.45, 7) is 2.22. The van der Waals surface area contributed by atoms with E-state index in [-0.39, 0.29) is 6.03 Å². The van der Waals surface area contributed by atoms with E-state index < -0.39 is 0 Å². The molecule has 1 aliphatic carbocycles. The summed E-state index contributed by atoms with van der Waals surface area (Å²) in [6, 6.07) is 21.5. The van der Waals surface area contributed by atoms with Crippen molar-refractivity contribution in [3.05, 3.63) is 77.4 Å². The molecule has 0 spiro atoms. The van der Waals surface area contributed by atoms with Gasteiger partial charge in [0.05, 0.1) is 0 Å². The van der Waals surface area contributed by atoms with E-state index in [1.165, 1.54) is 40.3 Å². The summed E-state index contributed by atoms with van der Waals surface area (Å²) in [5.41, 5.74) is 5.11. The first-order valence-corrected chi connectivity index (χ1v) is 9.44. The van der Waals surface area contributed by atoms with Crippen LogP contribution in [0.25, 0.3) is 10.8 Å². The van der Waals surface area contributed by atoms with Crippen molar-refractivity contribution in [2.75, 3.05) is 18.0 Å². The number of amides is 2. The van der Waals surface area contributed by atoms with E-state index in [1.54, 1.807) is 0 Å². The lowest BCUT2D eigenvalue weighted by atomic mass is 10.1. The highest BCUT2D eigenvalue weighted by atomic mass is 16.2. The van der Waals surface area contributed by atoms with Crippen molar-refractivity contribution >= 4 is 22.5 Å². The number of hydrogen-bond donors (Lipinski definition) is 0. The zero-order valence-electron chi connectivity index (χ0n) is 14.8. The van der Waals surface area contributed by atoms with E-state index >= 15 is 0 Å². The van der Waals surface area contributed by atoms with Gasteiger partial charge in [-0.05, 0) is 64.9 Å². The molecule has 0 N–H and O–H groups in total. The molecule has 1 heterocycles. The van der Waals surface area contributed by atoms with Gasteiger partial charge in [0.1, 0.15) is 0 Å². The second kappa shape index (κ2) is 6.17. The van der Waals surface area contributed by atoms with E-state index in [9.17, 15) is 4.79 Å². The Morgan fingerprint density at radius 2 is 1.65 bits per heavy atom. The summed E-state index contributed by atoms with van der Waals surface area (Å²) in [5, 5.41) is 2.47. The topological polar surface area (TPSA) is 23.6 Å². The Hall–Kier alpha value is -2.81. The number of hydrogen-bond acceptors (Lipinski definition) is 1. The van der Waals surface area contributed by atoms with Gasteiger partial charge in [0.2, 0.25) is 0 Å². The first kappa shape index (κ1) is 15.4. The van der Waals surface area contributed by atoms with Crippen LogP contribution in [0.3, 0.4) is 0 Å². The predicted octanol–water partition coefficient (Wildman–Crippen LogP) is 4.77. The Morgan fingerprint density at radius 1 is 0.808 bits per heavy atom. The van der Waals surface area contributed by atoms with Gasteiger partial charge < -0.3 is 4.90 Å². The maximum Gasteiger partial charge on any atom is 0.324 e. The van der Waals surface area contributed by atoms with Crippen molar-refractivity contribution in [3.8, 4) is 0 Å². The van der Waals surface area contributed by atoms with Crippen LogP contribution < -0.4 is 4.90 Å². The molecule has 130 valence electrons. The van der Waals surface area contributed by atoms with Gasteiger partial charge in [0.25, 0.3) is 0 Å². The number of fused-ring (bicyclic) bond motifs is 2. The lowest BCUT2D eigenvalue weighted by molar-refractivity contribution is 0.219. The molecule has 0 atom stereocenters. The summed E-state index contributed by atoms with van der Waals surface area (Å²) in [7, 11) is 0. The van der Waals surface area contributed by atoms with Gasteiger partial charge in [-0.25, -0.2) is 4.79 Å². The van der Waals surface area contributed by atoms with Crippen LogP contribution in [0.1, 0.15) is 23.1 Å². The van der Waals surface area contributed by atoms with Crippen molar-refractivity contribution in [3.63, 3.8) is 0 Å². The van der Waals surface area contributed by atoms with Crippen LogP contribution in [-0.4, -0.2) is 24.0 Å². The third-order valence-corrected chi connectivity index (χ3v) is 5.68. The number of aryl methyl sites for hydroxylation is 2. The largest absolute Gasteiger partial charge is 0.324 e. The smallest absolute Gasteiger partial charge is 0.318 e. The van der Waals surface area contributed by atoms with Gasteiger partial charge in [-0.2, -0.15) is 0 Å². The number of benzene rings is 3. The quantitative estimate of drug-likeness (QED) is 0.672. The summed E-state index contributed by atoms with van der Waals surface area (Å²) >= 11 is 0. The molecular formula is C23H22N2O. The number of anilines is 1. The third-order valence-electron chi connectivity index (χ3n) is 5.68. The van der Waals surface area contributed by atoms with Crippen LogP contribution in [0.15, 0.2) is 60.7 Å². The molecule has 0 saturated carbocycles. The minimum atomic E-state index is 0.121. The summed E-state index contributed by atoms with van der Waals surface area (Å²) in [6.07, 6.45) is 3.56. The Bertz CT molecular complexity index is 994. The van der Waals surface area contributed by atoms with Crippen molar-refractivity contribution in [1.29, 1.82) is 0 Å². The summed E-state index contributed by atoms with van der Waals surface area (Å²) in [4.78, 5) is 16.8. The first-order chi connectivity index (χ1) is 12.8. The molecule has 1 aliphatic heterocycles. The van der Waals surface area contributed by atoms with Crippen LogP contribution in [0.2, 0.25) is 0 Å². The molecule has 0 aromatic heterocycles. The molecule has 0 bridgehead atoms. The molecule has 2 amide bonds. The second-order valence-corrected chi connectivity index (χ2v) is 7.34. The lowest BCUT2D eigenvalue weighted by Crippen LogP contribution is -2.31. The van der Waals surface area contributed by atoms with Crippen LogP contribution in [0, 0.1) is 0 Å². The molecule has 3 nitrogen and oxygen atoms in total. The molecule has 3 aromatic carbocycles. The molecule has 3 heteroatoms. The SMILES string of the molecule is O=C1N(Cc2ccc3ccccc3c2)CCN1c1ccc2c(c1)CCC2. The Kier molecular flexibility index (Phi) is 3.66. The standard InChI is InChI=1S/C23H22N2O/c26-23-24(16-17-8-9-18-4-1-2-5-20(18)14-17)12-13-25(23)22-11-10-19-6-3-7-21(19)15-22/h1-2,4-5,8-11,14-15H,3,6-7,12-13,16H2. The molecular weight excluding hydrogens is 320 g/mol. The molecule has 26 heavy (non-hydrogen) atoms. The average Bonchev–Trinajstić information content (AvgIpc) is 3.28. The second-order valence-electron chi connectivity index (χ2n) is 7.34. The fourth-order valence-corrected chi connectivity index (χ4v) is 4.25. The maximum atomic E-state index is 12.9. The lowest BCUT2D eigenvalue weighted by Gasteiger charge is -2.19. The van der Waals surface area contributed by atoms with Crippen molar-refractivity contribution in [2.45, 2.75) is 25.8 Å². The highest BCUT2D eigenvalue weighted by Gasteiger charge is 2.30. The van der Waals surface area contributed by atoms with Crippen LogP contribution >= 0.6 is 0 Å². The van der Waals surface area contributed by atoms with Gasteiger partial charge in [0.15, 0.2) is 0 Å². The number of rotatable bonds is 3. The Labute approximate surface area is 153 Å². The molecule has 1 fully saturated rings. The Morgan fingerprint density at radius 3 is 2.58 bits per heavy atom. The predicted molar refractivity (Wildman–Crippen MR) is 106 cm³/mol. The summed E-state index contributed by atoms with van der Waals surface area (Å²) < 4.78 is 0. The zero-order valence-corrected chi connectivity index (χ0v) is 14.8. The average molecular weight is 342 g/mol. The highest BCUT2D eigenvalue weighted by Crippen LogP contribution is 2.29. The Balaban J connectivity index is 1.35. The molecule has 3 aromatic rings. The maximum absolute atomic E-state index is 12.9. The number of nitrogens with zero attached hydrogens (tertiary/aromatic N) is 2. The van der Waals surface area contributed by atoms with Crippen molar-refractivity contribution < 1.29 is 4.79 Å². The number of carbonyl (C=O) groups excluding carboxylic acids is 1. The number of urea groups is 1. The van der Waals surface area contributed by atoms with Crippen LogP contribution in [0.4, 0.5) is 10.5 Å². The molecule has 0 radical (unpaired) electrons. The zero-order chi connectivity index (χ0) is 17.5. The number of carbonyl (C=O) groups is 1. The monoisotopic (exact) mass is 342 g/mol. The van der Waals surface area contributed by atoms with Crippen LogP contribution in [0.5, 0.6) is 0 Å². The van der Waals surface area contributed by atoms with Gasteiger partial charge >= 0.3 is 6.03 Å². The van der Waals surface area contributed by atoms with Crippen molar-refractivity contribution in [1.82, 2.24) is 4.90 Å². The fraction of sp³-hybridized carbons (Fsp3) is 0.261. The minimum absolute atomic E-state index is 0.121. The molecule has 1 saturated heterocycles. The van der Waals surface area contributed by atoms with Crippen molar-refractivity contribution in [2.24, 2.45) is 0 Å². The molecule has 2 aliphatic rings. The van der Waals surface area contributed by atoms with E-state index in [0.29, 0.717) is 6.54 Å². The van der Waals surface area contributed by atoms with E-state index in [1.807, 2.05) is 9.80 Å². The summed E-state index contributed by atoms with van der Waals surface area (Å²) in [5.74, 6) is 0. The van der Waals surface area contributed by atoms with Crippen LogP contribution in [-0.2, 0) is 19.4 Å². The first-order valence-electron chi connectivity index (χ1n) is 9.44. The third kappa shape index (κ3) is 2.64. The van der Waals surface area contributed by atoms with Gasteiger partial charge in [-0.1, -0.05) is 42.5 Å². The fourth-order valence-electron chi connectivity index (χ4n) is 4.25. The molecule has 0 unspecified atom stereocenters. The normalized spacial score (nSPS) is 16.5. The van der Waals surface area contributed by atoms with E-state index in [4.69, 9.17) is 0 Å². The minimum Gasteiger partial charge on any atom is -0.318 e. The van der Waals surface area contributed by atoms with Gasteiger partial charge in [0, 0.05) is 25.3 Å². The molecule has 5 rings (SSSR count). The van der Waals surface area contributed by atoms with Gasteiger partial charge in [-0.3, -0.25) is 4.90 Å². The van der Waals surface area contributed by atoms with E-state index in [0.717, 1.165) is 25.2 Å². The highest BCUT2D eigenvalue weighted by molar-refractivity contribution is 5.94. The van der Waals surface area contributed by atoms with E-state index in [2.05, 4.69) is 60.7 Å². The van der Waals surface area contributed by atoms with Gasteiger partial charge in [-0.15, -0.1) is 0 Å².